The lowest BCUT2D eigenvalue weighted by Gasteiger charge is -2.19. The Morgan fingerprint density at radius 3 is 2.68 bits per heavy atom. The molecule has 1 unspecified atom stereocenters. The summed E-state index contributed by atoms with van der Waals surface area (Å²) >= 11 is 0. The molecule has 1 aromatic carbocycles. The van der Waals surface area contributed by atoms with Crippen LogP contribution >= 0.6 is 0 Å². The first-order chi connectivity index (χ1) is 10.6. The molecule has 0 bridgehead atoms. The Morgan fingerprint density at radius 1 is 1.32 bits per heavy atom. The molecule has 0 spiro atoms. The topological polar surface area (TPSA) is 74.8 Å². The minimum absolute atomic E-state index is 0.0939. The fraction of sp³-hybridized carbons (Fsp3) is 0.500. The van der Waals surface area contributed by atoms with Crippen LogP contribution in [0.4, 0.5) is 0 Å². The number of aryl methyl sites for hydroxylation is 1. The summed E-state index contributed by atoms with van der Waals surface area (Å²) in [6.07, 6.45) is 0. The van der Waals surface area contributed by atoms with E-state index in [0.29, 0.717) is 19.1 Å². The number of methoxy groups -OCH3 is 1. The minimum Gasteiger partial charge on any atom is -0.383 e. The Hall–Kier alpha value is -2.08. The second kappa shape index (κ2) is 9.78. The number of guanidine groups is 1. The number of ether oxygens (including phenoxy) is 1. The summed E-state index contributed by atoms with van der Waals surface area (Å²) < 4.78 is 4.88. The number of hydrogen-bond donors (Lipinski definition) is 3. The molecule has 0 aliphatic carbocycles. The summed E-state index contributed by atoms with van der Waals surface area (Å²) in [5, 5.41) is 9.03. The standard InChI is InChI=1S/C16H26N4O2/c1-12-7-5-6-8-14(12)13(2)20-16(17-3)19-11-15(21)18-9-10-22-4/h5-8,13H,9-11H2,1-4H3,(H,18,21)(H2,17,19,20). The number of benzene rings is 1. The zero-order valence-electron chi connectivity index (χ0n) is 13.8. The van der Waals surface area contributed by atoms with E-state index in [1.165, 1.54) is 11.1 Å². The summed E-state index contributed by atoms with van der Waals surface area (Å²) in [4.78, 5) is 15.8. The van der Waals surface area contributed by atoms with Gasteiger partial charge in [0, 0.05) is 20.7 Å². The quantitative estimate of drug-likeness (QED) is 0.399. The van der Waals surface area contributed by atoms with Crippen LogP contribution in [0.5, 0.6) is 0 Å². The third-order valence-electron chi connectivity index (χ3n) is 3.28. The average molecular weight is 306 g/mol. The summed E-state index contributed by atoms with van der Waals surface area (Å²) in [5.41, 5.74) is 2.42. The van der Waals surface area contributed by atoms with Crippen molar-refractivity contribution in [1.82, 2.24) is 16.0 Å². The van der Waals surface area contributed by atoms with Gasteiger partial charge in [0.2, 0.25) is 5.91 Å². The highest BCUT2D eigenvalue weighted by Crippen LogP contribution is 2.16. The molecule has 1 amide bonds. The van der Waals surface area contributed by atoms with Crippen molar-refractivity contribution in [3.8, 4) is 0 Å². The molecule has 0 aromatic heterocycles. The summed E-state index contributed by atoms with van der Waals surface area (Å²) in [6, 6.07) is 8.29. The van der Waals surface area contributed by atoms with Crippen LogP contribution in [0.25, 0.3) is 0 Å². The third-order valence-corrected chi connectivity index (χ3v) is 3.28. The van der Waals surface area contributed by atoms with Gasteiger partial charge in [-0.3, -0.25) is 9.79 Å². The number of carbonyl (C=O) groups is 1. The zero-order valence-corrected chi connectivity index (χ0v) is 13.8. The van der Waals surface area contributed by atoms with E-state index in [0.717, 1.165) is 0 Å². The molecule has 0 fully saturated rings. The molecule has 0 heterocycles. The predicted molar refractivity (Wildman–Crippen MR) is 89.0 cm³/mol. The fourth-order valence-corrected chi connectivity index (χ4v) is 2.07. The second-order valence-corrected chi connectivity index (χ2v) is 4.99. The van der Waals surface area contributed by atoms with Crippen LogP contribution in [-0.4, -0.2) is 45.7 Å². The molecule has 1 aromatic rings. The molecule has 1 atom stereocenters. The number of nitrogens with one attached hydrogen (secondary N) is 3. The molecule has 0 aliphatic heterocycles. The van der Waals surface area contributed by atoms with Crippen LogP contribution in [0.1, 0.15) is 24.1 Å². The van der Waals surface area contributed by atoms with Crippen molar-refractivity contribution in [3.05, 3.63) is 35.4 Å². The van der Waals surface area contributed by atoms with E-state index in [2.05, 4.69) is 46.9 Å². The Morgan fingerprint density at radius 2 is 2.05 bits per heavy atom. The highest BCUT2D eigenvalue weighted by molar-refractivity contribution is 5.86. The first-order valence-electron chi connectivity index (χ1n) is 7.36. The molecular formula is C16H26N4O2. The van der Waals surface area contributed by atoms with Gasteiger partial charge in [0.25, 0.3) is 0 Å². The van der Waals surface area contributed by atoms with E-state index in [1.54, 1.807) is 14.2 Å². The van der Waals surface area contributed by atoms with Crippen LogP contribution < -0.4 is 16.0 Å². The SMILES string of the molecule is CN=C(NCC(=O)NCCOC)NC(C)c1ccccc1C. The Bertz CT molecular complexity index is 503. The summed E-state index contributed by atoms with van der Waals surface area (Å²) in [6.45, 7) is 5.32. The van der Waals surface area contributed by atoms with Gasteiger partial charge >= 0.3 is 0 Å². The number of rotatable bonds is 7. The number of hydrogen-bond acceptors (Lipinski definition) is 3. The fourth-order valence-electron chi connectivity index (χ4n) is 2.07. The maximum atomic E-state index is 11.6. The average Bonchev–Trinajstić information content (AvgIpc) is 2.51. The van der Waals surface area contributed by atoms with E-state index in [1.807, 2.05) is 12.1 Å². The molecular weight excluding hydrogens is 280 g/mol. The normalized spacial score (nSPS) is 12.6. The lowest BCUT2D eigenvalue weighted by Crippen LogP contribution is -2.44. The van der Waals surface area contributed by atoms with E-state index < -0.39 is 0 Å². The van der Waals surface area contributed by atoms with Gasteiger partial charge in [-0.2, -0.15) is 0 Å². The Kier molecular flexibility index (Phi) is 7.99. The number of aliphatic imine (C=N–C) groups is 1. The molecule has 0 saturated carbocycles. The third kappa shape index (κ3) is 6.13. The van der Waals surface area contributed by atoms with Gasteiger partial charge in [0.1, 0.15) is 0 Å². The smallest absolute Gasteiger partial charge is 0.239 e. The molecule has 0 aliphatic rings. The van der Waals surface area contributed by atoms with Crippen LogP contribution in [0.15, 0.2) is 29.3 Å². The molecule has 6 nitrogen and oxygen atoms in total. The monoisotopic (exact) mass is 306 g/mol. The summed E-state index contributed by atoms with van der Waals surface area (Å²) in [5.74, 6) is 0.501. The van der Waals surface area contributed by atoms with Crippen LogP contribution in [0.2, 0.25) is 0 Å². The van der Waals surface area contributed by atoms with Gasteiger partial charge in [-0.1, -0.05) is 24.3 Å². The molecule has 122 valence electrons. The van der Waals surface area contributed by atoms with Gasteiger partial charge in [-0.25, -0.2) is 0 Å². The number of nitrogens with zero attached hydrogens (tertiary/aromatic N) is 1. The van der Waals surface area contributed by atoms with E-state index in [9.17, 15) is 4.79 Å². The number of carbonyl (C=O) groups excluding carboxylic acids is 1. The highest BCUT2D eigenvalue weighted by atomic mass is 16.5. The maximum Gasteiger partial charge on any atom is 0.239 e. The molecule has 6 heteroatoms. The molecule has 3 N–H and O–H groups in total. The Labute approximate surface area is 132 Å². The highest BCUT2D eigenvalue weighted by Gasteiger charge is 2.10. The van der Waals surface area contributed by atoms with Crippen LogP contribution in [0, 0.1) is 6.92 Å². The maximum absolute atomic E-state index is 11.6. The van der Waals surface area contributed by atoms with Crippen molar-refractivity contribution >= 4 is 11.9 Å². The Balaban J connectivity index is 2.45. The van der Waals surface area contributed by atoms with Crippen molar-refractivity contribution in [2.45, 2.75) is 19.9 Å². The molecule has 0 radical (unpaired) electrons. The summed E-state index contributed by atoms with van der Waals surface area (Å²) in [7, 11) is 3.28. The molecule has 1 rings (SSSR count). The molecule has 22 heavy (non-hydrogen) atoms. The lowest BCUT2D eigenvalue weighted by molar-refractivity contribution is -0.120. The van der Waals surface area contributed by atoms with Crippen molar-refractivity contribution in [2.24, 2.45) is 4.99 Å². The van der Waals surface area contributed by atoms with Crippen molar-refractivity contribution in [3.63, 3.8) is 0 Å². The van der Waals surface area contributed by atoms with E-state index in [4.69, 9.17) is 4.74 Å². The minimum atomic E-state index is -0.0939. The van der Waals surface area contributed by atoms with Gasteiger partial charge < -0.3 is 20.7 Å². The molecule has 0 saturated heterocycles. The largest absolute Gasteiger partial charge is 0.383 e. The van der Waals surface area contributed by atoms with Crippen LogP contribution in [-0.2, 0) is 9.53 Å². The van der Waals surface area contributed by atoms with E-state index in [-0.39, 0.29) is 18.5 Å². The lowest BCUT2D eigenvalue weighted by atomic mass is 10.0. The zero-order chi connectivity index (χ0) is 16.4. The van der Waals surface area contributed by atoms with Crippen molar-refractivity contribution < 1.29 is 9.53 Å². The van der Waals surface area contributed by atoms with Crippen LogP contribution in [0.3, 0.4) is 0 Å². The first-order valence-corrected chi connectivity index (χ1v) is 7.36. The van der Waals surface area contributed by atoms with E-state index >= 15 is 0 Å². The van der Waals surface area contributed by atoms with Gasteiger partial charge in [0.15, 0.2) is 5.96 Å². The van der Waals surface area contributed by atoms with Gasteiger partial charge in [0.05, 0.1) is 19.2 Å². The first kappa shape index (κ1) is 18.0. The van der Waals surface area contributed by atoms with Crippen molar-refractivity contribution in [2.75, 3.05) is 33.9 Å². The second-order valence-electron chi connectivity index (χ2n) is 4.99. The van der Waals surface area contributed by atoms with Gasteiger partial charge in [-0.05, 0) is 25.0 Å². The van der Waals surface area contributed by atoms with Crippen molar-refractivity contribution in [1.29, 1.82) is 0 Å². The van der Waals surface area contributed by atoms with Gasteiger partial charge in [-0.15, -0.1) is 0 Å². The number of amides is 1. The predicted octanol–water partition coefficient (Wildman–Crippen LogP) is 0.984.